The highest BCUT2D eigenvalue weighted by atomic mass is 19.1. The molecule has 4 aromatic rings. The van der Waals surface area contributed by atoms with E-state index in [1.54, 1.807) is 36.4 Å². The van der Waals surface area contributed by atoms with Gasteiger partial charge in [0.2, 0.25) is 23.3 Å². The summed E-state index contributed by atoms with van der Waals surface area (Å²) in [5.74, 6) is -4.15. The summed E-state index contributed by atoms with van der Waals surface area (Å²) in [4.78, 5) is 28.2. The number of halogens is 2. The maximum atomic E-state index is 14.1. The summed E-state index contributed by atoms with van der Waals surface area (Å²) in [6.45, 7) is -0.0401. The molecular formula is C36H38F2N2O8. The second kappa shape index (κ2) is 16.3. The van der Waals surface area contributed by atoms with Crippen molar-refractivity contribution in [1.82, 2.24) is 10.6 Å². The van der Waals surface area contributed by atoms with Crippen molar-refractivity contribution in [2.45, 2.75) is 25.9 Å². The zero-order valence-corrected chi connectivity index (χ0v) is 27.0. The highest BCUT2D eigenvalue weighted by Crippen LogP contribution is 2.40. The van der Waals surface area contributed by atoms with Crippen LogP contribution < -0.4 is 29.6 Å². The fourth-order valence-corrected chi connectivity index (χ4v) is 5.41. The van der Waals surface area contributed by atoms with E-state index in [2.05, 4.69) is 10.6 Å². The number of nitrogens with one attached hydrogen (secondary N) is 2. The molecule has 0 spiro atoms. The summed E-state index contributed by atoms with van der Waals surface area (Å²) in [5, 5.41) is 26.7. The standard InChI is InChI=1S/C36H38F2N2O8/c1-45-29-15-23(16-30(46-2)33(29)41)13-27(35(43)39-19-21-7-5-9-25(37)11-21)28(36(44)40-20-22-8-6-10-26(38)12-22)14-24-17-31(47-3)34(42)32(18-24)48-4/h5-12,15-18,27-28,41-42H,13-14,19-20H2,1-4H3,(H,39,43)(H,40,44)/t27-,28+. The lowest BCUT2D eigenvalue weighted by molar-refractivity contribution is -0.135. The summed E-state index contributed by atoms with van der Waals surface area (Å²) >= 11 is 0. The van der Waals surface area contributed by atoms with Crippen molar-refractivity contribution >= 4 is 11.8 Å². The number of hydrogen-bond donors (Lipinski definition) is 4. The van der Waals surface area contributed by atoms with Gasteiger partial charge in [0.05, 0.1) is 40.3 Å². The van der Waals surface area contributed by atoms with E-state index in [-0.39, 0.29) is 60.4 Å². The first-order chi connectivity index (χ1) is 23.1. The van der Waals surface area contributed by atoms with Crippen molar-refractivity contribution in [3.63, 3.8) is 0 Å². The van der Waals surface area contributed by atoms with Crippen molar-refractivity contribution in [3.05, 3.63) is 107 Å². The molecule has 0 aliphatic rings. The fourth-order valence-electron chi connectivity index (χ4n) is 5.41. The van der Waals surface area contributed by atoms with Crippen molar-refractivity contribution in [3.8, 4) is 34.5 Å². The van der Waals surface area contributed by atoms with E-state index in [1.807, 2.05) is 0 Å². The second-order valence-corrected chi connectivity index (χ2v) is 11.0. The van der Waals surface area contributed by atoms with Crippen LogP contribution >= 0.6 is 0 Å². The number of rotatable bonds is 15. The van der Waals surface area contributed by atoms with E-state index in [4.69, 9.17) is 18.9 Å². The summed E-state index contributed by atoms with van der Waals surface area (Å²) in [6, 6.07) is 17.7. The molecular weight excluding hydrogens is 626 g/mol. The number of phenolic OH excluding ortho intramolecular Hbond substituents is 2. The van der Waals surface area contributed by atoms with Gasteiger partial charge in [0, 0.05) is 13.1 Å². The second-order valence-electron chi connectivity index (χ2n) is 11.0. The van der Waals surface area contributed by atoms with Crippen LogP contribution in [0.2, 0.25) is 0 Å². The molecule has 2 amide bonds. The Morgan fingerprint density at radius 2 is 0.917 bits per heavy atom. The van der Waals surface area contributed by atoms with Gasteiger partial charge >= 0.3 is 0 Å². The topological polar surface area (TPSA) is 136 Å². The SMILES string of the molecule is COc1cc(C[C@H](C(=O)NCc2cccc(F)c2)[C@@H](Cc2cc(OC)c(O)c(OC)c2)C(=O)NCc2cccc(F)c2)cc(OC)c1O. The zero-order chi connectivity index (χ0) is 34.8. The summed E-state index contributed by atoms with van der Waals surface area (Å²) < 4.78 is 49.1. The smallest absolute Gasteiger partial charge is 0.224 e. The van der Waals surface area contributed by atoms with Crippen LogP contribution in [0.15, 0.2) is 72.8 Å². The molecule has 4 aromatic carbocycles. The summed E-state index contributed by atoms with van der Waals surface area (Å²) in [6.07, 6.45) is -0.0429. The number of ether oxygens (including phenoxy) is 4. The number of carbonyl (C=O) groups excluding carboxylic acids is 2. The van der Waals surface area contributed by atoms with E-state index >= 15 is 0 Å². The average molecular weight is 665 g/mol. The fraction of sp³-hybridized carbons (Fsp3) is 0.278. The van der Waals surface area contributed by atoms with Gasteiger partial charge in [-0.1, -0.05) is 24.3 Å². The van der Waals surface area contributed by atoms with Crippen LogP contribution in [0.1, 0.15) is 22.3 Å². The minimum absolute atomic E-state index is 0.0200. The van der Waals surface area contributed by atoms with Gasteiger partial charge in [-0.15, -0.1) is 0 Å². The molecule has 0 saturated carbocycles. The van der Waals surface area contributed by atoms with E-state index < -0.39 is 35.3 Å². The third-order valence-electron chi connectivity index (χ3n) is 7.86. The Morgan fingerprint density at radius 1 is 0.583 bits per heavy atom. The number of methoxy groups -OCH3 is 4. The Morgan fingerprint density at radius 3 is 1.21 bits per heavy atom. The molecule has 0 heterocycles. The molecule has 0 bridgehead atoms. The molecule has 48 heavy (non-hydrogen) atoms. The van der Waals surface area contributed by atoms with Crippen LogP contribution in [-0.2, 0) is 35.5 Å². The predicted molar refractivity (Wildman–Crippen MR) is 173 cm³/mol. The van der Waals surface area contributed by atoms with Crippen LogP contribution in [0.25, 0.3) is 0 Å². The lowest BCUT2D eigenvalue weighted by Crippen LogP contribution is -2.44. The number of phenols is 2. The average Bonchev–Trinajstić information content (AvgIpc) is 3.08. The minimum atomic E-state index is -1.06. The number of aromatic hydroxyl groups is 2. The third kappa shape index (κ3) is 8.84. The highest BCUT2D eigenvalue weighted by Gasteiger charge is 2.35. The maximum Gasteiger partial charge on any atom is 0.224 e. The van der Waals surface area contributed by atoms with Crippen LogP contribution in [0.3, 0.4) is 0 Å². The van der Waals surface area contributed by atoms with Crippen LogP contribution in [0, 0.1) is 23.5 Å². The first kappa shape index (κ1) is 35.3. The lowest BCUT2D eigenvalue weighted by atomic mass is 9.81. The monoisotopic (exact) mass is 664 g/mol. The molecule has 0 unspecified atom stereocenters. The van der Waals surface area contributed by atoms with Gasteiger partial charge in [0.15, 0.2) is 23.0 Å². The molecule has 10 nitrogen and oxygen atoms in total. The van der Waals surface area contributed by atoms with E-state index in [9.17, 15) is 28.6 Å². The number of carbonyl (C=O) groups is 2. The van der Waals surface area contributed by atoms with E-state index in [0.717, 1.165) is 0 Å². The van der Waals surface area contributed by atoms with Crippen molar-refractivity contribution < 1.29 is 47.5 Å². The molecule has 2 atom stereocenters. The lowest BCUT2D eigenvalue weighted by Gasteiger charge is -2.27. The summed E-state index contributed by atoms with van der Waals surface area (Å²) in [7, 11) is 5.48. The third-order valence-corrected chi connectivity index (χ3v) is 7.86. The van der Waals surface area contributed by atoms with Crippen LogP contribution in [0.5, 0.6) is 34.5 Å². The molecule has 0 aliphatic carbocycles. The van der Waals surface area contributed by atoms with Gasteiger partial charge in [0.1, 0.15) is 11.6 Å². The maximum absolute atomic E-state index is 14.1. The molecule has 0 fully saturated rings. The Hall–Kier alpha value is -5.52. The van der Waals surface area contributed by atoms with Crippen LogP contribution in [-0.4, -0.2) is 50.5 Å². The molecule has 0 aliphatic heterocycles. The molecule has 254 valence electrons. The molecule has 4 N–H and O–H groups in total. The first-order valence-electron chi connectivity index (χ1n) is 15.0. The largest absolute Gasteiger partial charge is 0.502 e. The van der Waals surface area contributed by atoms with Crippen molar-refractivity contribution in [1.29, 1.82) is 0 Å². The number of benzene rings is 4. The number of amides is 2. The van der Waals surface area contributed by atoms with Gasteiger partial charge in [-0.05, 0) is 83.6 Å². The molecule has 0 saturated heterocycles. The van der Waals surface area contributed by atoms with Gasteiger partial charge in [-0.2, -0.15) is 0 Å². The van der Waals surface area contributed by atoms with E-state index in [0.29, 0.717) is 22.3 Å². The zero-order valence-electron chi connectivity index (χ0n) is 27.0. The van der Waals surface area contributed by atoms with Gasteiger partial charge < -0.3 is 39.8 Å². The summed E-state index contributed by atoms with van der Waals surface area (Å²) in [5.41, 5.74) is 2.04. The Bertz CT molecular complexity index is 1570. The Balaban J connectivity index is 1.78. The normalized spacial score (nSPS) is 12.0. The molecule has 12 heteroatoms. The molecule has 4 rings (SSSR count). The van der Waals surface area contributed by atoms with Gasteiger partial charge in [-0.3, -0.25) is 9.59 Å². The van der Waals surface area contributed by atoms with Gasteiger partial charge in [0.25, 0.3) is 0 Å². The predicted octanol–water partition coefficient (Wildman–Crippen LogP) is 5.06. The Labute approximate surface area is 277 Å². The van der Waals surface area contributed by atoms with Crippen LogP contribution in [0.4, 0.5) is 8.78 Å². The number of hydrogen-bond acceptors (Lipinski definition) is 8. The van der Waals surface area contributed by atoms with Crippen molar-refractivity contribution in [2.24, 2.45) is 11.8 Å². The minimum Gasteiger partial charge on any atom is -0.502 e. The van der Waals surface area contributed by atoms with Gasteiger partial charge in [-0.25, -0.2) is 8.78 Å². The quantitative estimate of drug-likeness (QED) is 0.139. The van der Waals surface area contributed by atoms with E-state index in [1.165, 1.54) is 64.8 Å². The highest BCUT2D eigenvalue weighted by molar-refractivity contribution is 5.88. The molecule has 0 radical (unpaired) electrons. The molecule has 0 aromatic heterocycles. The Kier molecular flexibility index (Phi) is 12.0. The first-order valence-corrected chi connectivity index (χ1v) is 15.0. The van der Waals surface area contributed by atoms with Crippen molar-refractivity contribution in [2.75, 3.05) is 28.4 Å².